The number of benzene rings is 3. The number of hydrogen-bond donors (Lipinski definition) is 3. The molecule has 2 aliphatic heterocycles. The van der Waals surface area contributed by atoms with Crippen LogP contribution in [0.3, 0.4) is 0 Å². The zero-order chi connectivity index (χ0) is 31.2. The number of likely N-dealkylation sites (tertiary alicyclic amines) is 1. The van der Waals surface area contributed by atoms with Gasteiger partial charge in [0.15, 0.2) is 0 Å². The summed E-state index contributed by atoms with van der Waals surface area (Å²) in [6, 6.07) is 15.6. The lowest BCUT2D eigenvalue weighted by atomic mass is 10.1. The predicted octanol–water partition coefficient (Wildman–Crippen LogP) is 4.69. The maximum absolute atomic E-state index is 13.6. The van der Waals surface area contributed by atoms with Gasteiger partial charge in [-0.3, -0.25) is 14.4 Å². The third kappa shape index (κ3) is 7.18. The molecular weight excluding hydrogens is 586 g/mol. The summed E-state index contributed by atoms with van der Waals surface area (Å²) in [7, 11) is 0. The maximum atomic E-state index is 13.6. The number of thioether (sulfide) groups is 1. The normalized spacial score (nSPS) is 17.9. The lowest BCUT2D eigenvalue weighted by molar-refractivity contribution is -0.127. The van der Waals surface area contributed by atoms with E-state index in [0.29, 0.717) is 18.2 Å². The summed E-state index contributed by atoms with van der Waals surface area (Å²) in [5, 5.41) is 19.8. The van der Waals surface area contributed by atoms with Gasteiger partial charge in [-0.1, -0.05) is 23.9 Å². The highest BCUT2D eigenvalue weighted by atomic mass is 32.2. The van der Waals surface area contributed by atoms with Crippen molar-refractivity contribution in [1.29, 1.82) is 5.26 Å². The van der Waals surface area contributed by atoms with E-state index in [0.717, 1.165) is 60.0 Å². The van der Waals surface area contributed by atoms with E-state index in [2.05, 4.69) is 20.9 Å². The first-order valence-electron chi connectivity index (χ1n) is 14.4. The zero-order valence-electron chi connectivity index (χ0n) is 24.2. The van der Waals surface area contributed by atoms with Crippen LogP contribution in [0.15, 0.2) is 65.2 Å². The summed E-state index contributed by atoms with van der Waals surface area (Å²) >= 11 is 1.09. The molecule has 3 N–H and O–H groups in total. The second-order valence-electron chi connectivity index (χ2n) is 10.6. The predicted molar refractivity (Wildman–Crippen MR) is 167 cm³/mol. The topological polar surface area (TPSA) is 118 Å². The standard InChI is InChI=1S/C32H32F2N6O3S/c1-2-40-31(43)28(44-32(40)27(18-35)30(42)38-26-16-23(33)15-24(34)17-26)19-37-25-8-7-20-13-22(6-5-21(20)14-25)29(41)36-9-12-39-10-3-4-11-39/h5-8,13-17,28,37H,2-4,9-12,19H2,1H3,(H,36,41)(H,38,42)/b32-27-. The first kappa shape index (κ1) is 31.0. The van der Waals surface area contributed by atoms with Crippen molar-refractivity contribution in [2.45, 2.75) is 25.0 Å². The van der Waals surface area contributed by atoms with Crippen LogP contribution in [0.25, 0.3) is 10.8 Å². The maximum Gasteiger partial charge on any atom is 0.269 e. The molecule has 0 spiro atoms. The Morgan fingerprint density at radius 3 is 2.41 bits per heavy atom. The van der Waals surface area contributed by atoms with Crippen molar-refractivity contribution in [2.75, 3.05) is 49.9 Å². The number of carbonyl (C=O) groups is 3. The van der Waals surface area contributed by atoms with Gasteiger partial charge in [-0.15, -0.1) is 0 Å². The van der Waals surface area contributed by atoms with Crippen molar-refractivity contribution in [1.82, 2.24) is 15.1 Å². The Labute approximate surface area is 258 Å². The number of hydrogen-bond acceptors (Lipinski definition) is 7. The molecule has 2 saturated heterocycles. The molecule has 1 atom stereocenters. The average Bonchev–Trinajstić information content (AvgIpc) is 3.63. The lowest BCUT2D eigenvalue weighted by Crippen LogP contribution is -2.33. The Bertz CT molecular complexity index is 1650. The average molecular weight is 619 g/mol. The smallest absolute Gasteiger partial charge is 0.269 e. The van der Waals surface area contributed by atoms with E-state index in [4.69, 9.17) is 0 Å². The van der Waals surface area contributed by atoms with Crippen molar-refractivity contribution >= 4 is 51.6 Å². The third-order valence-corrected chi connectivity index (χ3v) is 8.84. The molecule has 0 bridgehead atoms. The molecule has 0 aromatic heterocycles. The molecule has 3 aromatic rings. The summed E-state index contributed by atoms with van der Waals surface area (Å²) in [5.74, 6) is -2.99. The van der Waals surface area contributed by atoms with Crippen LogP contribution in [0.4, 0.5) is 20.2 Å². The van der Waals surface area contributed by atoms with Gasteiger partial charge in [0.1, 0.15) is 33.6 Å². The minimum absolute atomic E-state index is 0.108. The third-order valence-electron chi connectivity index (χ3n) is 7.54. The molecule has 9 nitrogen and oxygen atoms in total. The van der Waals surface area contributed by atoms with Gasteiger partial charge in [0.25, 0.3) is 11.8 Å². The largest absolute Gasteiger partial charge is 0.383 e. The van der Waals surface area contributed by atoms with Gasteiger partial charge >= 0.3 is 0 Å². The Hall–Kier alpha value is -4.47. The molecule has 2 fully saturated rings. The molecule has 2 heterocycles. The van der Waals surface area contributed by atoms with Crippen LogP contribution in [-0.2, 0) is 9.59 Å². The minimum Gasteiger partial charge on any atom is -0.383 e. The van der Waals surface area contributed by atoms with E-state index < -0.39 is 22.8 Å². The van der Waals surface area contributed by atoms with Crippen LogP contribution in [-0.4, -0.2) is 72.0 Å². The van der Waals surface area contributed by atoms with E-state index in [1.807, 2.05) is 36.4 Å². The number of nitrogens with zero attached hydrogens (tertiary/aromatic N) is 3. The fourth-order valence-electron chi connectivity index (χ4n) is 5.30. The van der Waals surface area contributed by atoms with Crippen molar-refractivity contribution < 1.29 is 23.2 Å². The monoisotopic (exact) mass is 618 g/mol. The molecule has 0 radical (unpaired) electrons. The molecule has 5 rings (SSSR count). The molecule has 0 saturated carbocycles. The minimum atomic E-state index is -0.874. The molecule has 3 aromatic carbocycles. The highest BCUT2D eigenvalue weighted by Crippen LogP contribution is 2.37. The second-order valence-corrected chi connectivity index (χ2v) is 11.7. The fourth-order valence-corrected chi connectivity index (χ4v) is 6.57. The van der Waals surface area contributed by atoms with Gasteiger partial charge in [0.05, 0.1) is 0 Å². The highest BCUT2D eigenvalue weighted by molar-refractivity contribution is 8.04. The SMILES string of the molecule is CCN1C(=O)C(CNc2ccc3cc(C(=O)NCCN4CCCC4)ccc3c2)S/C1=C(/C#N)C(=O)Nc1cc(F)cc(F)c1. The van der Waals surface area contributed by atoms with Crippen molar-refractivity contribution in [3.63, 3.8) is 0 Å². The lowest BCUT2D eigenvalue weighted by Gasteiger charge is -2.16. The highest BCUT2D eigenvalue weighted by Gasteiger charge is 2.39. The number of fused-ring (bicyclic) bond motifs is 1. The van der Waals surface area contributed by atoms with Crippen LogP contribution in [0.2, 0.25) is 0 Å². The van der Waals surface area contributed by atoms with E-state index in [1.54, 1.807) is 13.0 Å². The number of nitrogens with one attached hydrogen (secondary N) is 3. The summed E-state index contributed by atoms with van der Waals surface area (Å²) in [4.78, 5) is 42.4. The van der Waals surface area contributed by atoms with E-state index in [-0.39, 0.29) is 41.2 Å². The van der Waals surface area contributed by atoms with Crippen LogP contribution in [0.1, 0.15) is 30.1 Å². The quantitative estimate of drug-likeness (QED) is 0.223. The summed E-state index contributed by atoms with van der Waals surface area (Å²) in [5.41, 5.74) is 0.893. The molecule has 44 heavy (non-hydrogen) atoms. The van der Waals surface area contributed by atoms with E-state index in [9.17, 15) is 28.4 Å². The number of rotatable bonds is 10. The van der Waals surface area contributed by atoms with Gasteiger partial charge in [-0.2, -0.15) is 5.26 Å². The molecule has 0 aliphatic carbocycles. The first-order chi connectivity index (χ1) is 21.2. The Kier molecular flexibility index (Phi) is 9.77. The van der Waals surface area contributed by atoms with Crippen LogP contribution in [0.5, 0.6) is 0 Å². The number of nitriles is 1. The number of carbonyl (C=O) groups excluding carboxylic acids is 3. The molecule has 1 unspecified atom stereocenters. The molecule has 3 amide bonds. The van der Waals surface area contributed by atoms with Crippen molar-refractivity contribution in [2.24, 2.45) is 0 Å². The molecule has 12 heteroatoms. The summed E-state index contributed by atoms with van der Waals surface area (Å²) < 4.78 is 27.2. The molecule has 2 aliphatic rings. The molecule has 228 valence electrons. The fraction of sp³-hybridized carbons (Fsp3) is 0.312. The Morgan fingerprint density at radius 2 is 1.70 bits per heavy atom. The first-order valence-corrected chi connectivity index (χ1v) is 15.3. The van der Waals surface area contributed by atoms with Crippen LogP contribution >= 0.6 is 11.8 Å². The van der Waals surface area contributed by atoms with E-state index >= 15 is 0 Å². The van der Waals surface area contributed by atoms with E-state index in [1.165, 1.54) is 17.7 Å². The number of amides is 3. The van der Waals surface area contributed by atoms with Crippen molar-refractivity contribution in [3.05, 3.63) is 82.4 Å². The number of anilines is 2. The number of halogens is 2. The van der Waals surface area contributed by atoms with Gasteiger partial charge in [-0.25, -0.2) is 8.78 Å². The summed E-state index contributed by atoms with van der Waals surface area (Å²) in [6.45, 7) is 5.82. The Balaban J connectivity index is 1.22. The van der Waals surface area contributed by atoms with Gasteiger partial charge in [0.2, 0.25) is 5.91 Å². The second kappa shape index (κ2) is 13.9. The van der Waals surface area contributed by atoms with Gasteiger partial charge in [0, 0.05) is 49.2 Å². The summed E-state index contributed by atoms with van der Waals surface area (Å²) in [6.07, 6.45) is 2.43. The Morgan fingerprint density at radius 1 is 1.00 bits per heavy atom. The van der Waals surface area contributed by atoms with Crippen LogP contribution in [0, 0.1) is 23.0 Å². The van der Waals surface area contributed by atoms with Gasteiger partial charge < -0.3 is 25.8 Å². The zero-order valence-corrected chi connectivity index (χ0v) is 25.0. The molecular formula is C32H32F2N6O3S. The van der Waals surface area contributed by atoms with Crippen molar-refractivity contribution in [3.8, 4) is 6.07 Å². The van der Waals surface area contributed by atoms with Gasteiger partial charge in [-0.05, 0) is 80.0 Å². The van der Waals surface area contributed by atoms with Crippen LogP contribution < -0.4 is 16.0 Å².